The maximum Gasteiger partial charge on any atom is 0.359 e. The minimum absolute atomic E-state index is 0.00764. The van der Waals surface area contributed by atoms with Crippen LogP contribution in [-0.2, 0) is 14.3 Å². The van der Waals surface area contributed by atoms with Crippen molar-refractivity contribution in [2.24, 2.45) is 0 Å². The monoisotopic (exact) mass is 177 g/mol. The minimum atomic E-state index is -2.25. The van der Waals surface area contributed by atoms with Gasteiger partial charge in [-0.1, -0.05) is 0 Å². The van der Waals surface area contributed by atoms with Crippen LogP contribution < -0.4 is 0 Å². The average Bonchev–Trinajstić information content (AvgIpc) is 2.04. The molecular formula is C6H8FNO4. The molecule has 0 radical (unpaired) electrons. The smallest absolute Gasteiger partial charge is 0.359 e. The number of hydrogen-bond donors (Lipinski definition) is 1. The number of halogens is 1. The van der Waals surface area contributed by atoms with Crippen LogP contribution in [0.3, 0.4) is 0 Å². The van der Waals surface area contributed by atoms with Crippen molar-refractivity contribution in [1.29, 1.82) is 0 Å². The van der Waals surface area contributed by atoms with E-state index >= 15 is 0 Å². The van der Waals surface area contributed by atoms with Gasteiger partial charge in [-0.15, -0.1) is 0 Å². The molecule has 1 saturated heterocycles. The van der Waals surface area contributed by atoms with Crippen molar-refractivity contribution in [2.45, 2.75) is 6.30 Å². The number of rotatable bonds is 2. The van der Waals surface area contributed by atoms with Crippen molar-refractivity contribution in [1.82, 2.24) is 4.90 Å². The topological polar surface area (TPSA) is 66.8 Å². The number of amides is 1. The van der Waals surface area contributed by atoms with E-state index < -0.39 is 18.2 Å². The Hall–Kier alpha value is -1.17. The van der Waals surface area contributed by atoms with Crippen LogP contribution in [0.15, 0.2) is 0 Å². The van der Waals surface area contributed by atoms with Crippen molar-refractivity contribution in [3.8, 4) is 0 Å². The van der Waals surface area contributed by atoms with Crippen LogP contribution in [0.5, 0.6) is 0 Å². The van der Waals surface area contributed by atoms with Crippen LogP contribution in [-0.4, -0.2) is 47.9 Å². The number of morpholine rings is 1. The van der Waals surface area contributed by atoms with Crippen LogP contribution in [0.25, 0.3) is 0 Å². The summed E-state index contributed by atoms with van der Waals surface area (Å²) in [6, 6.07) is 0. The molecule has 1 fully saturated rings. The molecule has 0 saturated carbocycles. The number of ether oxygens (including phenoxy) is 1. The first-order valence-corrected chi connectivity index (χ1v) is 3.37. The molecule has 0 bridgehead atoms. The van der Waals surface area contributed by atoms with Gasteiger partial charge in [-0.3, -0.25) is 9.69 Å². The lowest BCUT2D eigenvalue weighted by atomic mass is 10.4. The van der Waals surface area contributed by atoms with Gasteiger partial charge in [0.05, 0.1) is 6.61 Å². The van der Waals surface area contributed by atoms with Gasteiger partial charge in [-0.05, 0) is 0 Å². The highest BCUT2D eigenvalue weighted by Gasteiger charge is 2.31. The fourth-order valence-electron chi connectivity index (χ4n) is 0.903. The second-order valence-electron chi connectivity index (χ2n) is 2.31. The molecule has 0 aliphatic carbocycles. The van der Waals surface area contributed by atoms with Crippen molar-refractivity contribution in [3.05, 3.63) is 0 Å². The molecule has 0 spiro atoms. The summed E-state index contributed by atoms with van der Waals surface area (Å²) in [6.07, 6.45) is -2.25. The molecule has 0 aromatic rings. The van der Waals surface area contributed by atoms with Gasteiger partial charge >= 0.3 is 5.97 Å². The van der Waals surface area contributed by atoms with E-state index in [-0.39, 0.29) is 19.8 Å². The van der Waals surface area contributed by atoms with Gasteiger partial charge in [-0.25, -0.2) is 9.18 Å². The average molecular weight is 177 g/mol. The largest absolute Gasteiger partial charge is 0.478 e. The molecule has 6 heteroatoms. The Kier molecular flexibility index (Phi) is 2.59. The summed E-state index contributed by atoms with van der Waals surface area (Å²) < 4.78 is 17.4. The quantitative estimate of drug-likeness (QED) is 0.562. The van der Waals surface area contributed by atoms with Gasteiger partial charge in [0.2, 0.25) is 0 Å². The van der Waals surface area contributed by atoms with E-state index in [4.69, 9.17) is 9.84 Å². The SMILES string of the molecule is O=C(O)C(F)N1CCOCC1=O. The molecule has 1 rings (SSSR count). The normalized spacial score (nSPS) is 20.8. The highest BCUT2D eigenvalue weighted by molar-refractivity contribution is 5.83. The van der Waals surface area contributed by atoms with Gasteiger partial charge in [0.25, 0.3) is 12.2 Å². The van der Waals surface area contributed by atoms with E-state index in [1.54, 1.807) is 0 Å². The van der Waals surface area contributed by atoms with Crippen molar-refractivity contribution >= 4 is 11.9 Å². The molecule has 1 amide bonds. The van der Waals surface area contributed by atoms with Crippen LogP contribution in [0, 0.1) is 0 Å². The van der Waals surface area contributed by atoms with Crippen molar-refractivity contribution < 1.29 is 23.8 Å². The number of alkyl halides is 1. The number of aliphatic carboxylic acids is 1. The van der Waals surface area contributed by atoms with E-state index in [9.17, 15) is 14.0 Å². The first-order valence-electron chi connectivity index (χ1n) is 3.37. The lowest BCUT2D eigenvalue weighted by Crippen LogP contribution is -2.48. The number of carboxylic acid groups (broad SMARTS) is 1. The molecule has 12 heavy (non-hydrogen) atoms. The molecular weight excluding hydrogens is 169 g/mol. The predicted octanol–water partition coefficient (Wildman–Crippen LogP) is -0.775. The molecule has 0 aromatic carbocycles. The van der Waals surface area contributed by atoms with Gasteiger partial charge in [-0.2, -0.15) is 0 Å². The standard InChI is InChI=1S/C6H8FNO4/c7-5(6(10)11)8-1-2-12-3-4(8)9/h5H,1-3H2,(H,10,11). The summed E-state index contributed by atoms with van der Waals surface area (Å²) in [7, 11) is 0. The second kappa shape index (κ2) is 3.48. The third-order valence-electron chi connectivity index (χ3n) is 1.50. The fourth-order valence-corrected chi connectivity index (χ4v) is 0.903. The van der Waals surface area contributed by atoms with E-state index in [1.807, 2.05) is 0 Å². The van der Waals surface area contributed by atoms with Crippen LogP contribution in [0.4, 0.5) is 4.39 Å². The number of hydrogen-bond acceptors (Lipinski definition) is 3. The second-order valence-corrected chi connectivity index (χ2v) is 2.31. The van der Waals surface area contributed by atoms with Crippen molar-refractivity contribution in [2.75, 3.05) is 19.8 Å². The third kappa shape index (κ3) is 1.70. The summed E-state index contributed by atoms with van der Waals surface area (Å²) in [4.78, 5) is 21.6. The van der Waals surface area contributed by atoms with E-state index in [2.05, 4.69) is 0 Å². The first-order chi connectivity index (χ1) is 5.63. The Morgan fingerprint density at radius 1 is 1.75 bits per heavy atom. The lowest BCUT2D eigenvalue weighted by Gasteiger charge is -2.27. The Bertz CT molecular complexity index is 208. The molecule has 68 valence electrons. The molecule has 1 aliphatic heterocycles. The number of nitrogens with zero attached hydrogens (tertiary/aromatic N) is 1. The lowest BCUT2D eigenvalue weighted by molar-refractivity contribution is -0.165. The predicted molar refractivity (Wildman–Crippen MR) is 35.1 cm³/mol. The third-order valence-corrected chi connectivity index (χ3v) is 1.50. The fraction of sp³-hybridized carbons (Fsp3) is 0.667. The maximum atomic E-state index is 12.7. The zero-order valence-electron chi connectivity index (χ0n) is 6.20. The van der Waals surface area contributed by atoms with E-state index in [0.717, 1.165) is 0 Å². The Balaban J connectivity index is 2.59. The van der Waals surface area contributed by atoms with Crippen LogP contribution in [0.2, 0.25) is 0 Å². The number of carboxylic acids is 1. The Labute approximate surface area is 67.7 Å². The maximum absolute atomic E-state index is 12.7. The number of carbonyl (C=O) groups excluding carboxylic acids is 1. The highest BCUT2D eigenvalue weighted by atomic mass is 19.1. The van der Waals surface area contributed by atoms with Gasteiger partial charge in [0.1, 0.15) is 6.61 Å². The summed E-state index contributed by atoms with van der Waals surface area (Å²) in [5, 5.41) is 8.24. The van der Waals surface area contributed by atoms with Crippen LogP contribution >= 0.6 is 0 Å². The molecule has 1 N–H and O–H groups in total. The summed E-state index contributed by atoms with van der Waals surface area (Å²) in [5.41, 5.74) is 0. The zero-order chi connectivity index (χ0) is 9.14. The van der Waals surface area contributed by atoms with Gasteiger partial charge in [0, 0.05) is 6.54 Å². The summed E-state index contributed by atoms with van der Waals surface area (Å²) >= 11 is 0. The Morgan fingerprint density at radius 2 is 2.42 bits per heavy atom. The first kappa shape index (κ1) is 8.92. The summed E-state index contributed by atoms with van der Waals surface area (Å²) in [6.45, 7) is -0.0700. The van der Waals surface area contributed by atoms with Gasteiger partial charge < -0.3 is 9.84 Å². The van der Waals surface area contributed by atoms with Gasteiger partial charge in [0.15, 0.2) is 0 Å². The molecule has 5 nitrogen and oxygen atoms in total. The van der Waals surface area contributed by atoms with Crippen LogP contribution in [0.1, 0.15) is 0 Å². The highest BCUT2D eigenvalue weighted by Crippen LogP contribution is 2.06. The van der Waals surface area contributed by atoms with Crippen molar-refractivity contribution in [3.63, 3.8) is 0 Å². The number of carbonyl (C=O) groups is 2. The zero-order valence-corrected chi connectivity index (χ0v) is 6.20. The molecule has 1 unspecified atom stereocenters. The summed E-state index contributed by atoms with van der Waals surface area (Å²) in [5.74, 6) is -2.28. The molecule has 1 aliphatic rings. The molecule has 1 heterocycles. The minimum Gasteiger partial charge on any atom is -0.478 e. The molecule has 0 aromatic heterocycles. The molecule has 1 atom stereocenters. The van der Waals surface area contributed by atoms with E-state index in [1.165, 1.54) is 0 Å². The van der Waals surface area contributed by atoms with E-state index in [0.29, 0.717) is 4.90 Å². The Morgan fingerprint density at radius 3 is 2.92 bits per heavy atom.